The number of carbonyl (C=O) groups excluding carboxylic acids is 1. The molecule has 0 aliphatic rings. The van der Waals surface area contributed by atoms with Gasteiger partial charge in [-0.05, 0) is 19.4 Å². The monoisotopic (exact) mass is 260 g/mol. The fraction of sp³-hybridized carbons (Fsp3) is 0.357. The standard InChI is InChI=1S/C14H16N2O3/c1-4-6-11(14(17)19-5-2)10-7-8-13(18-3)16-12(10)9-15/h6-8H,4-5H2,1-3H3. The zero-order valence-corrected chi connectivity index (χ0v) is 11.3. The van der Waals surface area contributed by atoms with Crippen LogP contribution in [0.5, 0.6) is 5.88 Å². The summed E-state index contributed by atoms with van der Waals surface area (Å²) in [6.45, 7) is 3.92. The lowest BCUT2D eigenvalue weighted by Crippen LogP contribution is -2.09. The second kappa shape index (κ2) is 7.17. The van der Waals surface area contributed by atoms with Gasteiger partial charge in [-0.15, -0.1) is 0 Å². The number of pyridine rings is 1. The second-order valence-corrected chi connectivity index (χ2v) is 3.61. The summed E-state index contributed by atoms with van der Waals surface area (Å²) < 4.78 is 9.95. The van der Waals surface area contributed by atoms with Gasteiger partial charge in [-0.25, -0.2) is 9.78 Å². The Kier molecular flexibility index (Phi) is 5.55. The number of carbonyl (C=O) groups is 1. The lowest BCUT2D eigenvalue weighted by Gasteiger charge is -2.09. The van der Waals surface area contributed by atoms with Crippen LogP contribution in [0.2, 0.25) is 0 Å². The quantitative estimate of drug-likeness (QED) is 0.600. The SMILES string of the molecule is CCC=C(C(=O)OCC)c1ccc(OC)nc1C#N. The van der Waals surface area contributed by atoms with Crippen molar-refractivity contribution in [2.24, 2.45) is 0 Å². The van der Waals surface area contributed by atoms with Crippen LogP contribution in [-0.2, 0) is 9.53 Å². The summed E-state index contributed by atoms with van der Waals surface area (Å²) in [4.78, 5) is 15.9. The van der Waals surface area contributed by atoms with Crippen LogP contribution in [0.4, 0.5) is 0 Å². The number of methoxy groups -OCH3 is 1. The number of nitrogens with zero attached hydrogens (tertiary/aromatic N) is 2. The molecule has 0 bridgehead atoms. The number of esters is 1. The number of aromatic nitrogens is 1. The fourth-order valence-corrected chi connectivity index (χ4v) is 1.57. The van der Waals surface area contributed by atoms with Gasteiger partial charge in [-0.1, -0.05) is 13.0 Å². The smallest absolute Gasteiger partial charge is 0.338 e. The van der Waals surface area contributed by atoms with E-state index in [1.54, 1.807) is 25.1 Å². The summed E-state index contributed by atoms with van der Waals surface area (Å²) in [5.74, 6) is -0.118. The van der Waals surface area contributed by atoms with E-state index in [2.05, 4.69) is 4.98 Å². The van der Waals surface area contributed by atoms with Crippen molar-refractivity contribution >= 4 is 11.5 Å². The Morgan fingerprint density at radius 2 is 2.21 bits per heavy atom. The highest BCUT2D eigenvalue weighted by molar-refractivity contribution is 6.17. The fourth-order valence-electron chi connectivity index (χ4n) is 1.57. The Labute approximate surface area is 112 Å². The van der Waals surface area contributed by atoms with Crippen LogP contribution < -0.4 is 4.74 Å². The van der Waals surface area contributed by atoms with E-state index in [1.165, 1.54) is 7.11 Å². The second-order valence-electron chi connectivity index (χ2n) is 3.61. The first kappa shape index (κ1) is 14.7. The van der Waals surface area contributed by atoms with Gasteiger partial charge in [0.15, 0.2) is 5.69 Å². The van der Waals surface area contributed by atoms with Gasteiger partial charge in [-0.3, -0.25) is 0 Å². The summed E-state index contributed by atoms with van der Waals surface area (Å²) in [6.07, 6.45) is 2.38. The molecule has 1 aromatic heterocycles. The van der Waals surface area contributed by atoms with Gasteiger partial charge in [-0.2, -0.15) is 5.26 Å². The maximum absolute atomic E-state index is 11.9. The zero-order chi connectivity index (χ0) is 14.3. The van der Waals surface area contributed by atoms with Crippen molar-refractivity contribution in [2.75, 3.05) is 13.7 Å². The van der Waals surface area contributed by atoms with Crippen molar-refractivity contribution < 1.29 is 14.3 Å². The van der Waals surface area contributed by atoms with Crippen molar-refractivity contribution in [3.05, 3.63) is 29.5 Å². The average molecular weight is 260 g/mol. The van der Waals surface area contributed by atoms with E-state index in [9.17, 15) is 4.79 Å². The molecule has 0 aliphatic heterocycles. The van der Waals surface area contributed by atoms with Gasteiger partial charge in [0.05, 0.1) is 19.3 Å². The molecule has 5 nitrogen and oxygen atoms in total. The first-order chi connectivity index (χ1) is 9.17. The van der Waals surface area contributed by atoms with Crippen molar-refractivity contribution in [1.29, 1.82) is 5.26 Å². The molecule has 0 atom stereocenters. The number of rotatable bonds is 5. The van der Waals surface area contributed by atoms with E-state index in [1.807, 2.05) is 13.0 Å². The molecule has 0 aromatic carbocycles. The van der Waals surface area contributed by atoms with Crippen molar-refractivity contribution in [3.63, 3.8) is 0 Å². The Hall–Kier alpha value is -2.35. The third kappa shape index (κ3) is 3.55. The van der Waals surface area contributed by atoms with Crippen LogP contribution in [0.3, 0.4) is 0 Å². The number of nitriles is 1. The van der Waals surface area contributed by atoms with Crippen molar-refractivity contribution in [2.45, 2.75) is 20.3 Å². The van der Waals surface area contributed by atoms with E-state index < -0.39 is 5.97 Å². The van der Waals surface area contributed by atoms with Crippen molar-refractivity contribution in [3.8, 4) is 11.9 Å². The first-order valence-corrected chi connectivity index (χ1v) is 6.00. The normalized spacial score (nSPS) is 10.7. The van der Waals surface area contributed by atoms with E-state index in [0.717, 1.165) is 0 Å². The molecule has 0 N–H and O–H groups in total. The molecule has 5 heteroatoms. The van der Waals surface area contributed by atoms with Crippen LogP contribution in [0, 0.1) is 11.3 Å². The Bertz CT molecular complexity index is 530. The third-order valence-corrected chi connectivity index (χ3v) is 2.38. The van der Waals surface area contributed by atoms with Crippen LogP contribution in [0.1, 0.15) is 31.5 Å². The molecule has 0 radical (unpaired) electrons. The lowest BCUT2D eigenvalue weighted by molar-refractivity contribution is -0.136. The van der Waals surface area contributed by atoms with E-state index >= 15 is 0 Å². The highest BCUT2D eigenvalue weighted by Gasteiger charge is 2.17. The number of ether oxygens (including phenoxy) is 2. The molecule has 0 aliphatic carbocycles. The molecule has 0 saturated carbocycles. The van der Waals surface area contributed by atoms with Gasteiger partial charge >= 0.3 is 5.97 Å². The number of hydrogen-bond acceptors (Lipinski definition) is 5. The lowest BCUT2D eigenvalue weighted by atomic mass is 10.0. The summed E-state index contributed by atoms with van der Waals surface area (Å²) in [6, 6.07) is 5.22. The Morgan fingerprint density at radius 3 is 2.74 bits per heavy atom. The topological polar surface area (TPSA) is 72.2 Å². The summed E-state index contributed by atoms with van der Waals surface area (Å²) in [5, 5.41) is 9.12. The van der Waals surface area contributed by atoms with Crippen LogP contribution in [0.25, 0.3) is 5.57 Å². The minimum Gasteiger partial charge on any atom is -0.481 e. The highest BCUT2D eigenvalue weighted by atomic mass is 16.5. The maximum atomic E-state index is 11.9. The molecule has 0 fully saturated rings. The van der Waals surface area contributed by atoms with E-state index in [-0.39, 0.29) is 12.3 Å². The molecule has 0 spiro atoms. The molecule has 1 heterocycles. The largest absolute Gasteiger partial charge is 0.481 e. The van der Waals surface area contributed by atoms with Gasteiger partial charge in [0.25, 0.3) is 0 Å². The molecule has 1 rings (SSSR count). The van der Waals surface area contributed by atoms with Crippen LogP contribution in [0.15, 0.2) is 18.2 Å². The molecule has 0 saturated heterocycles. The van der Waals surface area contributed by atoms with Gasteiger partial charge < -0.3 is 9.47 Å². The average Bonchev–Trinajstić information content (AvgIpc) is 2.44. The van der Waals surface area contributed by atoms with Gasteiger partial charge in [0.1, 0.15) is 6.07 Å². The zero-order valence-electron chi connectivity index (χ0n) is 11.3. The third-order valence-electron chi connectivity index (χ3n) is 2.38. The molecule has 0 unspecified atom stereocenters. The maximum Gasteiger partial charge on any atom is 0.338 e. The molecule has 100 valence electrons. The summed E-state index contributed by atoms with van der Waals surface area (Å²) in [7, 11) is 1.47. The molecular weight excluding hydrogens is 244 g/mol. The summed E-state index contributed by atoms with van der Waals surface area (Å²) in [5.41, 5.74) is 0.965. The predicted octanol–water partition coefficient (Wildman–Crippen LogP) is 2.32. The Balaban J connectivity index is 3.28. The molecular formula is C14H16N2O3. The molecule has 1 aromatic rings. The van der Waals surface area contributed by atoms with Crippen molar-refractivity contribution in [1.82, 2.24) is 4.98 Å². The number of allylic oxidation sites excluding steroid dienone is 1. The summed E-state index contributed by atoms with van der Waals surface area (Å²) >= 11 is 0. The van der Waals surface area contributed by atoms with Crippen LogP contribution in [-0.4, -0.2) is 24.7 Å². The minimum atomic E-state index is -0.451. The molecule has 19 heavy (non-hydrogen) atoms. The number of hydrogen-bond donors (Lipinski definition) is 0. The van der Waals surface area contributed by atoms with Gasteiger partial charge in [0.2, 0.25) is 5.88 Å². The van der Waals surface area contributed by atoms with Gasteiger partial charge in [0, 0.05) is 11.6 Å². The highest BCUT2D eigenvalue weighted by Crippen LogP contribution is 2.22. The van der Waals surface area contributed by atoms with E-state index in [4.69, 9.17) is 14.7 Å². The molecule has 0 amide bonds. The van der Waals surface area contributed by atoms with Crippen LogP contribution >= 0.6 is 0 Å². The predicted molar refractivity (Wildman–Crippen MR) is 70.4 cm³/mol. The van der Waals surface area contributed by atoms with E-state index in [0.29, 0.717) is 23.4 Å². The first-order valence-electron chi connectivity index (χ1n) is 6.00. The Morgan fingerprint density at radius 1 is 1.47 bits per heavy atom. The minimum absolute atomic E-state index is 0.145.